The molecule has 4 N–H and O–H groups in total. The normalized spacial score (nSPS) is 10.2. The third kappa shape index (κ3) is 3.29. The summed E-state index contributed by atoms with van der Waals surface area (Å²) in [6, 6.07) is 13.7. The molecule has 5 heteroatoms. The van der Waals surface area contributed by atoms with Gasteiger partial charge >= 0.3 is 0 Å². The van der Waals surface area contributed by atoms with Gasteiger partial charge in [0, 0.05) is 0 Å². The molecule has 2 aromatic carbocycles. The Morgan fingerprint density at radius 2 is 1.74 bits per heavy atom. The molecular formula is C14H15N3O2. The second kappa shape index (κ2) is 5.97. The molecule has 0 bridgehead atoms. The minimum Gasteiger partial charge on any atom is -0.347 e. The monoisotopic (exact) mass is 257 g/mol. The third-order valence-electron chi connectivity index (χ3n) is 2.84. The van der Waals surface area contributed by atoms with Crippen LogP contribution in [0.25, 0.3) is 10.8 Å². The molecule has 0 spiro atoms. The lowest BCUT2D eigenvalue weighted by Crippen LogP contribution is -2.40. The molecule has 19 heavy (non-hydrogen) atoms. The van der Waals surface area contributed by atoms with Crippen molar-refractivity contribution in [1.29, 1.82) is 0 Å². The van der Waals surface area contributed by atoms with E-state index in [0.29, 0.717) is 0 Å². The van der Waals surface area contributed by atoms with Crippen molar-refractivity contribution in [3.8, 4) is 0 Å². The molecule has 0 unspecified atom stereocenters. The number of carbonyl (C=O) groups excluding carboxylic acids is 2. The predicted octanol–water partition coefficient (Wildman–Crippen LogP) is 0.488. The van der Waals surface area contributed by atoms with Crippen molar-refractivity contribution in [2.45, 2.75) is 6.42 Å². The first-order valence-corrected chi connectivity index (χ1v) is 5.93. The van der Waals surface area contributed by atoms with Gasteiger partial charge in [-0.25, -0.2) is 5.84 Å². The lowest BCUT2D eigenvalue weighted by Gasteiger charge is -2.07. The molecule has 0 atom stereocenters. The van der Waals surface area contributed by atoms with Crippen molar-refractivity contribution in [2.24, 2.45) is 5.84 Å². The molecule has 0 radical (unpaired) electrons. The van der Waals surface area contributed by atoms with Gasteiger partial charge in [0.05, 0.1) is 13.0 Å². The lowest BCUT2D eigenvalue weighted by molar-refractivity contribution is -0.125. The highest BCUT2D eigenvalue weighted by Gasteiger charge is 2.07. The van der Waals surface area contributed by atoms with Crippen molar-refractivity contribution in [1.82, 2.24) is 10.7 Å². The number of carbonyl (C=O) groups is 2. The predicted molar refractivity (Wildman–Crippen MR) is 73.0 cm³/mol. The molecule has 0 saturated heterocycles. The van der Waals surface area contributed by atoms with Crippen molar-refractivity contribution in [3.05, 3.63) is 48.0 Å². The van der Waals surface area contributed by atoms with E-state index in [1.807, 2.05) is 47.9 Å². The maximum Gasteiger partial charge on any atom is 0.253 e. The summed E-state index contributed by atoms with van der Waals surface area (Å²) in [5.41, 5.74) is 2.89. The zero-order valence-corrected chi connectivity index (χ0v) is 10.3. The Labute approximate surface area is 110 Å². The standard InChI is InChI=1S/C14H15N3O2/c15-17-14(19)9-16-13(18)8-11-6-3-5-10-4-1-2-7-12(10)11/h1-7H,8-9,15H2,(H,16,18)(H,17,19). The highest BCUT2D eigenvalue weighted by Crippen LogP contribution is 2.18. The first-order valence-electron chi connectivity index (χ1n) is 5.93. The van der Waals surface area contributed by atoms with Gasteiger partial charge in [0.2, 0.25) is 5.91 Å². The van der Waals surface area contributed by atoms with Gasteiger partial charge < -0.3 is 5.32 Å². The van der Waals surface area contributed by atoms with Gasteiger partial charge in [-0.2, -0.15) is 0 Å². The van der Waals surface area contributed by atoms with Crippen LogP contribution in [0.1, 0.15) is 5.56 Å². The van der Waals surface area contributed by atoms with E-state index >= 15 is 0 Å². The Kier molecular flexibility index (Phi) is 4.10. The second-order valence-electron chi connectivity index (χ2n) is 4.16. The molecule has 2 rings (SSSR count). The molecule has 98 valence electrons. The van der Waals surface area contributed by atoms with E-state index < -0.39 is 5.91 Å². The Morgan fingerprint density at radius 3 is 2.53 bits per heavy atom. The number of fused-ring (bicyclic) bond motifs is 1. The van der Waals surface area contributed by atoms with Crippen LogP contribution in [0.3, 0.4) is 0 Å². The number of hydrogen-bond acceptors (Lipinski definition) is 3. The van der Waals surface area contributed by atoms with E-state index in [1.54, 1.807) is 0 Å². The van der Waals surface area contributed by atoms with Gasteiger partial charge in [0.25, 0.3) is 5.91 Å². The fraction of sp³-hybridized carbons (Fsp3) is 0.143. The van der Waals surface area contributed by atoms with Crippen LogP contribution in [0.4, 0.5) is 0 Å². The SMILES string of the molecule is NNC(=O)CNC(=O)Cc1cccc2ccccc12. The maximum absolute atomic E-state index is 11.7. The number of rotatable bonds is 4. The Balaban J connectivity index is 2.09. The molecule has 0 fully saturated rings. The van der Waals surface area contributed by atoms with Gasteiger partial charge in [-0.3, -0.25) is 15.0 Å². The van der Waals surface area contributed by atoms with Crippen LogP contribution < -0.4 is 16.6 Å². The van der Waals surface area contributed by atoms with Crippen molar-refractivity contribution in [2.75, 3.05) is 6.54 Å². The van der Waals surface area contributed by atoms with E-state index in [-0.39, 0.29) is 18.9 Å². The number of benzene rings is 2. The Morgan fingerprint density at radius 1 is 1.00 bits per heavy atom. The maximum atomic E-state index is 11.7. The summed E-state index contributed by atoms with van der Waals surface area (Å²) >= 11 is 0. The van der Waals surface area contributed by atoms with Crippen molar-refractivity contribution >= 4 is 22.6 Å². The van der Waals surface area contributed by atoms with Gasteiger partial charge in [-0.05, 0) is 16.3 Å². The minimum atomic E-state index is -0.425. The molecule has 2 aromatic rings. The largest absolute Gasteiger partial charge is 0.347 e. The molecule has 0 heterocycles. The Hall–Kier alpha value is -2.40. The van der Waals surface area contributed by atoms with E-state index in [1.165, 1.54) is 0 Å². The fourth-order valence-corrected chi connectivity index (χ4v) is 1.91. The molecule has 5 nitrogen and oxygen atoms in total. The molecule has 0 saturated carbocycles. The Bertz CT molecular complexity index is 605. The van der Waals surface area contributed by atoms with E-state index in [0.717, 1.165) is 16.3 Å². The molecule has 0 aliphatic carbocycles. The zero-order chi connectivity index (χ0) is 13.7. The lowest BCUT2D eigenvalue weighted by atomic mass is 10.0. The number of hydrazine groups is 1. The highest BCUT2D eigenvalue weighted by molar-refractivity contribution is 5.91. The summed E-state index contributed by atoms with van der Waals surface area (Å²) in [6.45, 7) is -0.111. The van der Waals surface area contributed by atoms with E-state index in [4.69, 9.17) is 5.84 Å². The smallest absolute Gasteiger partial charge is 0.253 e. The van der Waals surface area contributed by atoms with E-state index in [2.05, 4.69) is 5.32 Å². The van der Waals surface area contributed by atoms with Crippen LogP contribution in [0.15, 0.2) is 42.5 Å². The first-order chi connectivity index (χ1) is 9.20. The number of nitrogens with two attached hydrogens (primary N) is 1. The van der Waals surface area contributed by atoms with Gasteiger partial charge in [0.1, 0.15) is 0 Å². The minimum absolute atomic E-state index is 0.111. The van der Waals surface area contributed by atoms with Crippen LogP contribution >= 0.6 is 0 Å². The number of hydrogen-bond donors (Lipinski definition) is 3. The number of amides is 2. The fourth-order valence-electron chi connectivity index (χ4n) is 1.91. The van der Waals surface area contributed by atoms with Crippen LogP contribution in [0, 0.1) is 0 Å². The van der Waals surface area contributed by atoms with Gasteiger partial charge in [-0.1, -0.05) is 42.5 Å². The summed E-state index contributed by atoms with van der Waals surface area (Å²) in [5, 5.41) is 4.65. The quantitative estimate of drug-likeness (QED) is 0.423. The molecule has 0 aromatic heterocycles. The summed E-state index contributed by atoms with van der Waals surface area (Å²) in [5.74, 6) is 4.30. The second-order valence-corrected chi connectivity index (χ2v) is 4.16. The van der Waals surface area contributed by atoms with Gasteiger partial charge in [-0.15, -0.1) is 0 Å². The topological polar surface area (TPSA) is 84.2 Å². The zero-order valence-electron chi connectivity index (χ0n) is 10.3. The van der Waals surface area contributed by atoms with Crippen LogP contribution in [-0.2, 0) is 16.0 Å². The van der Waals surface area contributed by atoms with Crippen molar-refractivity contribution in [3.63, 3.8) is 0 Å². The van der Waals surface area contributed by atoms with Crippen LogP contribution in [-0.4, -0.2) is 18.4 Å². The van der Waals surface area contributed by atoms with Gasteiger partial charge in [0.15, 0.2) is 0 Å². The summed E-state index contributed by atoms with van der Waals surface area (Å²) < 4.78 is 0. The van der Waals surface area contributed by atoms with E-state index in [9.17, 15) is 9.59 Å². The average Bonchev–Trinajstić information content (AvgIpc) is 2.45. The molecule has 0 aliphatic rings. The average molecular weight is 257 g/mol. The summed E-state index contributed by atoms with van der Waals surface area (Å²) in [6.07, 6.45) is 0.235. The number of nitrogens with one attached hydrogen (secondary N) is 2. The summed E-state index contributed by atoms with van der Waals surface area (Å²) in [4.78, 5) is 22.7. The van der Waals surface area contributed by atoms with Crippen LogP contribution in [0.5, 0.6) is 0 Å². The molecule has 0 aliphatic heterocycles. The van der Waals surface area contributed by atoms with Crippen molar-refractivity contribution < 1.29 is 9.59 Å². The molecular weight excluding hydrogens is 242 g/mol. The first kappa shape index (κ1) is 13.0. The third-order valence-corrected chi connectivity index (χ3v) is 2.84. The summed E-state index contributed by atoms with van der Waals surface area (Å²) in [7, 11) is 0. The highest BCUT2D eigenvalue weighted by atomic mass is 16.2. The van der Waals surface area contributed by atoms with Crippen LogP contribution in [0.2, 0.25) is 0 Å². The molecule has 2 amide bonds.